The van der Waals surface area contributed by atoms with Gasteiger partial charge in [-0.1, -0.05) is 37.3 Å². The van der Waals surface area contributed by atoms with E-state index in [1.54, 1.807) is 6.92 Å². The zero-order valence-corrected chi connectivity index (χ0v) is 16.7. The minimum absolute atomic E-state index is 0. The normalized spacial score (nSPS) is 24.0. The Morgan fingerprint density at radius 2 is 1.93 bits per heavy atom. The predicted molar refractivity (Wildman–Crippen MR) is 113 cm³/mol. The topological polar surface area (TPSA) is 58.4 Å². The number of nitrogens with zero attached hydrogens (tertiary/aromatic N) is 1. The van der Waals surface area contributed by atoms with Crippen LogP contribution in [-0.2, 0) is 11.3 Å². The molecule has 0 radical (unpaired) electrons. The van der Waals surface area contributed by atoms with Crippen LogP contribution in [0.4, 0.5) is 11.4 Å². The zero-order chi connectivity index (χ0) is 18.3. The van der Waals surface area contributed by atoms with E-state index in [9.17, 15) is 4.79 Å². The van der Waals surface area contributed by atoms with Crippen LogP contribution < -0.4 is 16.0 Å². The van der Waals surface area contributed by atoms with Crippen LogP contribution >= 0.6 is 12.4 Å². The summed E-state index contributed by atoms with van der Waals surface area (Å²) in [6.45, 7) is 4.51. The molecule has 1 amide bonds. The molecule has 27 heavy (non-hydrogen) atoms. The third kappa shape index (κ3) is 3.69. The Kier molecular flexibility index (Phi) is 5.78. The maximum absolute atomic E-state index is 12.5. The van der Waals surface area contributed by atoms with Gasteiger partial charge in [0.25, 0.3) is 0 Å². The first-order valence-corrected chi connectivity index (χ1v) is 9.54. The molecule has 2 aromatic carbocycles. The van der Waals surface area contributed by atoms with E-state index in [-0.39, 0.29) is 30.4 Å². The molecule has 5 heteroatoms. The van der Waals surface area contributed by atoms with E-state index in [4.69, 9.17) is 5.73 Å². The van der Waals surface area contributed by atoms with E-state index < -0.39 is 0 Å². The molecule has 3 N–H and O–H groups in total. The van der Waals surface area contributed by atoms with Crippen molar-refractivity contribution >= 4 is 29.7 Å². The molecule has 4 rings (SSSR count). The average molecular weight is 386 g/mol. The average Bonchev–Trinajstić information content (AvgIpc) is 3.48. The SMILES string of the molecule is CC(=O)N1c2ccccc2[C@H](Nc2cccc(CN)c2)[C@@H](C)[C@@H]1C1CC1.Cl. The van der Waals surface area contributed by atoms with Crippen LogP contribution in [0, 0.1) is 11.8 Å². The maximum Gasteiger partial charge on any atom is 0.224 e. The highest BCUT2D eigenvalue weighted by atomic mass is 35.5. The molecule has 144 valence electrons. The van der Waals surface area contributed by atoms with Crippen molar-refractivity contribution < 1.29 is 4.79 Å². The third-order valence-corrected chi connectivity index (χ3v) is 5.82. The van der Waals surface area contributed by atoms with Crippen molar-refractivity contribution in [1.82, 2.24) is 0 Å². The Labute approximate surface area is 167 Å². The molecule has 3 atom stereocenters. The van der Waals surface area contributed by atoms with E-state index in [1.807, 2.05) is 23.1 Å². The summed E-state index contributed by atoms with van der Waals surface area (Å²) in [5, 5.41) is 3.74. The fourth-order valence-electron chi connectivity index (χ4n) is 4.48. The number of para-hydroxylation sites is 1. The Balaban J connectivity index is 0.00000210. The molecule has 0 saturated heterocycles. The van der Waals surface area contributed by atoms with Gasteiger partial charge in [0.05, 0.1) is 6.04 Å². The second kappa shape index (κ2) is 7.91. The number of carbonyl (C=O) groups excluding carboxylic acids is 1. The molecule has 1 fully saturated rings. The van der Waals surface area contributed by atoms with Crippen LogP contribution in [0.2, 0.25) is 0 Å². The smallest absolute Gasteiger partial charge is 0.224 e. The number of anilines is 2. The Morgan fingerprint density at radius 3 is 2.59 bits per heavy atom. The van der Waals surface area contributed by atoms with Crippen molar-refractivity contribution in [2.75, 3.05) is 10.2 Å². The summed E-state index contributed by atoms with van der Waals surface area (Å²) in [6, 6.07) is 17.1. The van der Waals surface area contributed by atoms with Gasteiger partial charge in [-0.15, -0.1) is 12.4 Å². The van der Waals surface area contributed by atoms with Crippen LogP contribution in [0.5, 0.6) is 0 Å². The van der Waals surface area contributed by atoms with E-state index in [1.165, 1.54) is 18.4 Å². The molecule has 4 nitrogen and oxygen atoms in total. The van der Waals surface area contributed by atoms with Crippen molar-refractivity contribution in [2.24, 2.45) is 17.6 Å². The van der Waals surface area contributed by atoms with Crippen LogP contribution in [0.1, 0.15) is 43.9 Å². The number of rotatable bonds is 4. The lowest BCUT2D eigenvalue weighted by molar-refractivity contribution is -0.117. The van der Waals surface area contributed by atoms with E-state index in [2.05, 4.69) is 42.6 Å². The molecular weight excluding hydrogens is 358 g/mol. The van der Waals surface area contributed by atoms with Gasteiger partial charge in [0.15, 0.2) is 0 Å². The summed E-state index contributed by atoms with van der Waals surface area (Å²) in [4.78, 5) is 14.5. The molecule has 0 unspecified atom stereocenters. The molecule has 0 aromatic heterocycles. The van der Waals surface area contributed by atoms with Gasteiger partial charge in [-0.05, 0) is 48.1 Å². The number of hydrogen-bond acceptors (Lipinski definition) is 3. The van der Waals surface area contributed by atoms with Crippen molar-refractivity contribution in [3.05, 3.63) is 59.7 Å². The molecule has 2 aromatic rings. The molecule has 1 saturated carbocycles. The van der Waals surface area contributed by atoms with E-state index in [0.717, 1.165) is 16.9 Å². The molecule has 0 bridgehead atoms. The number of nitrogens with one attached hydrogen (secondary N) is 1. The van der Waals surface area contributed by atoms with Crippen LogP contribution in [0.3, 0.4) is 0 Å². The first-order valence-electron chi connectivity index (χ1n) is 9.54. The fourth-order valence-corrected chi connectivity index (χ4v) is 4.48. The van der Waals surface area contributed by atoms with Crippen LogP contribution in [-0.4, -0.2) is 11.9 Å². The molecule has 0 spiro atoms. The third-order valence-electron chi connectivity index (χ3n) is 5.82. The first kappa shape index (κ1) is 19.7. The van der Waals surface area contributed by atoms with E-state index >= 15 is 0 Å². The lowest BCUT2D eigenvalue weighted by atomic mass is 9.80. The van der Waals surface area contributed by atoms with Crippen molar-refractivity contribution in [3.8, 4) is 0 Å². The highest BCUT2D eigenvalue weighted by molar-refractivity contribution is 5.94. The Morgan fingerprint density at radius 1 is 1.19 bits per heavy atom. The highest BCUT2D eigenvalue weighted by Crippen LogP contribution is 2.49. The number of hydrogen-bond donors (Lipinski definition) is 2. The van der Waals surface area contributed by atoms with Gasteiger partial charge >= 0.3 is 0 Å². The lowest BCUT2D eigenvalue weighted by Gasteiger charge is -2.46. The number of nitrogens with two attached hydrogens (primary N) is 1. The molecule has 2 aliphatic rings. The molecule has 1 aliphatic carbocycles. The van der Waals surface area contributed by atoms with Crippen molar-refractivity contribution in [1.29, 1.82) is 0 Å². The lowest BCUT2D eigenvalue weighted by Crippen LogP contribution is -2.51. The van der Waals surface area contributed by atoms with Gasteiger partial charge in [0, 0.05) is 36.8 Å². The summed E-state index contributed by atoms with van der Waals surface area (Å²) in [6.07, 6.45) is 2.44. The van der Waals surface area contributed by atoms with E-state index in [0.29, 0.717) is 18.4 Å². The number of benzene rings is 2. The maximum atomic E-state index is 12.5. The summed E-state index contributed by atoms with van der Waals surface area (Å²) >= 11 is 0. The monoisotopic (exact) mass is 385 g/mol. The summed E-state index contributed by atoms with van der Waals surface area (Å²) < 4.78 is 0. The molecule has 1 heterocycles. The second-order valence-electron chi connectivity index (χ2n) is 7.66. The van der Waals surface area contributed by atoms with Gasteiger partial charge in [-0.25, -0.2) is 0 Å². The first-order chi connectivity index (χ1) is 12.6. The number of fused-ring (bicyclic) bond motifs is 1. The number of amides is 1. The van der Waals surface area contributed by atoms with Crippen molar-refractivity contribution in [2.45, 2.75) is 45.3 Å². The van der Waals surface area contributed by atoms with Gasteiger partial charge in [-0.3, -0.25) is 4.79 Å². The van der Waals surface area contributed by atoms with Gasteiger partial charge in [0.2, 0.25) is 5.91 Å². The van der Waals surface area contributed by atoms with Crippen LogP contribution in [0.15, 0.2) is 48.5 Å². The quantitative estimate of drug-likeness (QED) is 0.814. The zero-order valence-electron chi connectivity index (χ0n) is 15.9. The largest absolute Gasteiger partial charge is 0.378 e. The Hall–Kier alpha value is -2.04. The number of halogens is 1. The van der Waals surface area contributed by atoms with Gasteiger partial charge < -0.3 is 16.0 Å². The fraction of sp³-hybridized carbons (Fsp3) is 0.409. The Bertz CT molecular complexity index is 821. The predicted octanol–water partition coefficient (Wildman–Crippen LogP) is 4.50. The standard InChI is InChI=1S/C22H27N3O.ClH/c1-14-21(24-18-7-5-6-16(12-18)13-23)19-8-3-4-9-20(19)25(15(2)26)22(14)17-10-11-17;/h3-9,12,14,17,21-22,24H,10-11,13,23H2,1-2H3;1H/t14-,21-,22-;/m1./s1. The molecule has 1 aliphatic heterocycles. The minimum atomic E-state index is 0. The highest BCUT2D eigenvalue weighted by Gasteiger charge is 2.47. The summed E-state index contributed by atoms with van der Waals surface area (Å²) in [7, 11) is 0. The summed E-state index contributed by atoms with van der Waals surface area (Å²) in [5.74, 6) is 1.09. The minimum Gasteiger partial charge on any atom is -0.378 e. The molecular formula is C22H28ClN3O. The van der Waals surface area contributed by atoms with Gasteiger partial charge in [-0.2, -0.15) is 0 Å². The second-order valence-corrected chi connectivity index (χ2v) is 7.66. The van der Waals surface area contributed by atoms with Gasteiger partial charge in [0.1, 0.15) is 0 Å². The summed E-state index contributed by atoms with van der Waals surface area (Å²) in [5.41, 5.74) is 10.3. The van der Waals surface area contributed by atoms with Crippen molar-refractivity contribution in [3.63, 3.8) is 0 Å². The van der Waals surface area contributed by atoms with Crippen LogP contribution in [0.25, 0.3) is 0 Å². The number of carbonyl (C=O) groups is 1.